The van der Waals surface area contributed by atoms with Crippen molar-refractivity contribution in [3.05, 3.63) is 22.5 Å². The van der Waals surface area contributed by atoms with E-state index in [1.165, 1.54) is 7.11 Å². The van der Waals surface area contributed by atoms with Crippen molar-refractivity contribution >= 4 is 22.7 Å². The molecule has 122 valence electrons. The highest BCUT2D eigenvalue weighted by atomic mass is 32.2. The molecule has 1 amide bonds. The standard InChI is InChI=1S/C15H22N2O4S/c1-9-11(10(2)16-12(9)14(19)21-5)13(18)17-6-7-22(20)15(3,4)8-17/h16H,6-8H2,1-5H3. The van der Waals surface area contributed by atoms with Gasteiger partial charge in [-0.25, -0.2) is 4.79 Å². The highest BCUT2D eigenvalue weighted by Crippen LogP contribution is 2.25. The number of H-pyrrole nitrogens is 1. The van der Waals surface area contributed by atoms with Crippen molar-refractivity contribution < 1.29 is 18.5 Å². The Bertz CT molecular complexity index is 648. The summed E-state index contributed by atoms with van der Waals surface area (Å²) < 4.78 is 16.3. The maximum atomic E-state index is 12.8. The van der Waals surface area contributed by atoms with Crippen LogP contribution >= 0.6 is 0 Å². The van der Waals surface area contributed by atoms with Crippen molar-refractivity contribution in [2.45, 2.75) is 32.4 Å². The second-order valence-corrected chi connectivity index (χ2v) is 8.36. The van der Waals surface area contributed by atoms with E-state index in [1.54, 1.807) is 18.7 Å². The van der Waals surface area contributed by atoms with Gasteiger partial charge in [0, 0.05) is 35.3 Å². The van der Waals surface area contributed by atoms with Crippen molar-refractivity contribution in [2.24, 2.45) is 0 Å². The molecule has 2 heterocycles. The number of carbonyl (C=O) groups is 2. The maximum Gasteiger partial charge on any atom is 0.354 e. The van der Waals surface area contributed by atoms with Gasteiger partial charge >= 0.3 is 5.97 Å². The van der Waals surface area contributed by atoms with Crippen LogP contribution in [0.25, 0.3) is 0 Å². The van der Waals surface area contributed by atoms with E-state index >= 15 is 0 Å². The second kappa shape index (κ2) is 5.87. The fraction of sp³-hybridized carbons (Fsp3) is 0.600. The Morgan fingerprint density at radius 2 is 1.95 bits per heavy atom. The van der Waals surface area contributed by atoms with Crippen molar-refractivity contribution in [3.8, 4) is 0 Å². The minimum atomic E-state index is -0.934. The minimum Gasteiger partial charge on any atom is -0.464 e. The molecule has 1 fully saturated rings. The molecule has 22 heavy (non-hydrogen) atoms. The molecular formula is C15H22N2O4S. The quantitative estimate of drug-likeness (QED) is 0.833. The Morgan fingerprint density at radius 3 is 2.50 bits per heavy atom. The van der Waals surface area contributed by atoms with Crippen LogP contribution in [0, 0.1) is 13.8 Å². The minimum absolute atomic E-state index is 0.133. The van der Waals surface area contributed by atoms with E-state index < -0.39 is 21.5 Å². The van der Waals surface area contributed by atoms with Crippen LogP contribution in [0.5, 0.6) is 0 Å². The smallest absolute Gasteiger partial charge is 0.354 e. The van der Waals surface area contributed by atoms with Gasteiger partial charge in [-0.05, 0) is 33.3 Å². The Balaban J connectivity index is 2.33. The van der Waals surface area contributed by atoms with Gasteiger partial charge in [-0.3, -0.25) is 9.00 Å². The van der Waals surface area contributed by atoms with Crippen molar-refractivity contribution in [1.29, 1.82) is 0 Å². The summed E-state index contributed by atoms with van der Waals surface area (Å²) in [6.45, 7) is 8.21. The van der Waals surface area contributed by atoms with Crippen LogP contribution in [-0.4, -0.2) is 56.7 Å². The maximum absolute atomic E-state index is 12.8. The average molecular weight is 326 g/mol. The van der Waals surface area contributed by atoms with Gasteiger partial charge in [0.25, 0.3) is 5.91 Å². The van der Waals surface area contributed by atoms with Crippen molar-refractivity contribution in [1.82, 2.24) is 9.88 Å². The molecule has 0 radical (unpaired) electrons. The van der Waals surface area contributed by atoms with Crippen LogP contribution in [0.2, 0.25) is 0 Å². The van der Waals surface area contributed by atoms with E-state index in [1.807, 2.05) is 13.8 Å². The van der Waals surface area contributed by atoms with Crippen LogP contribution in [0.15, 0.2) is 0 Å². The molecule has 1 aliphatic heterocycles. The highest BCUT2D eigenvalue weighted by molar-refractivity contribution is 7.86. The lowest BCUT2D eigenvalue weighted by molar-refractivity contribution is 0.0594. The largest absolute Gasteiger partial charge is 0.464 e. The summed E-state index contributed by atoms with van der Waals surface area (Å²) in [5, 5.41) is 0. The van der Waals surface area contributed by atoms with Gasteiger partial charge in [-0.2, -0.15) is 0 Å². The molecule has 1 atom stereocenters. The molecule has 0 aromatic carbocycles. The summed E-state index contributed by atoms with van der Waals surface area (Å²) >= 11 is 0. The van der Waals surface area contributed by atoms with E-state index in [0.29, 0.717) is 41.4 Å². The number of carbonyl (C=O) groups excluding carboxylic acids is 2. The fourth-order valence-electron chi connectivity index (χ4n) is 2.79. The zero-order valence-corrected chi connectivity index (χ0v) is 14.4. The summed E-state index contributed by atoms with van der Waals surface area (Å²) in [5.41, 5.74) is 2.05. The fourth-order valence-corrected chi connectivity index (χ4v) is 4.03. The van der Waals surface area contributed by atoms with Gasteiger partial charge in [-0.15, -0.1) is 0 Å². The van der Waals surface area contributed by atoms with Crippen molar-refractivity contribution in [2.75, 3.05) is 26.0 Å². The number of methoxy groups -OCH3 is 1. The SMILES string of the molecule is COC(=O)c1[nH]c(C)c(C(=O)N2CCS(=O)C(C)(C)C2)c1C. The van der Waals surface area contributed by atoms with Crippen LogP contribution in [0.3, 0.4) is 0 Å². The highest BCUT2D eigenvalue weighted by Gasteiger charge is 2.36. The van der Waals surface area contributed by atoms with Gasteiger partial charge in [-0.1, -0.05) is 0 Å². The van der Waals surface area contributed by atoms with E-state index in [2.05, 4.69) is 4.98 Å². The molecule has 1 N–H and O–H groups in total. The monoisotopic (exact) mass is 326 g/mol. The number of hydrogen-bond donors (Lipinski definition) is 1. The molecule has 0 bridgehead atoms. The first-order chi connectivity index (χ1) is 10.2. The third-order valence-electron chi connectivity index (χ3n) is 4.06. The topological polar surface area (TPSA) is 79.5 Å². The van der Waals surface area contributed by atoms with Gasteiger partial charge in [0.05, 0.1) is 17.4 Å². The lowest BCUT2D eigenvalue weighted by Gasteiger charge is -2.37. The van der Waals surface area contributed by atoms with Crippen LogP contribution in [-0.2, 0) is 15.5 Å². The summed E-state index contributed by atoms with van der Waals surface area (Å²) in [7, 11) is 0.373. The van der Waals surface area contributed by atoms with E-state index in [4.69, 9.17) is 4.74 Å². The number of rotatable bonds is 2. The predicted octanol–water partition coefficient (Wildman–Crippen LogP) is 1.40. The summed E-state index contributed by atoms with van der Waals surface area (Å²) in [6.07, 6.45) is 0. The van der Waals surface area contributed by atoms with E-state index in [0.717, 1.165) is 0 Å². The summed E-state index contributed by atoms with van der Waals surface area (Å²) in [5.74, 6) is -0.142. The van der Waals surface area contributed by atoms with Crippen LogP contribution in [0.4, 0.5) is 0 Å². The lowest BCUT2D eigenvalue weighted by Crippen LogP contribution is -2.52. The third kappa shape index (κ3) is 2.82. The first-order valence-electron chi connectivity index (χ1n) is 7.14. The Hall–Kier alpha value is -1.63. The number of ether oxygens (including phenoxy) is 1. The molecule has 0 aliphatic carbocycles. The molecule has 0 saturated carbocycles. The molecule has 7 heteroatoms. The van der Waals surface area contributed by atoms with Crippen LogP contribution < -0.4 is 0 Å². The zero-order valence-electron chi connectivity index (χ0n) is 13.6. The molecule has 0 spiro atoms. The third-order valence-corrected chi connectivity index (χ3v) is 5.98. The number of aromatic amines is 1. The Kier molecular flexibility index (Phi) is 4.47. The van der Waals surface area contributed by atoms with E-state index in [-0.39, 0.29) is 5.91 Å². The van der Waals surface area contributed by atoms with Crippen molar-refractivity contribution in [3.63, 3.8) is 0 Å². The molecule has 1 unspecified atom stereocenters. The molecule has 1 aliphatic rings. The number of amides is 1. The average Bonchev–Trinajstić information content (AvgIpc) is 2.75. The molecular weight excluding hydrogens is 304 g/mol. The van der Waals surface area contributed by atoms with Gasteiger partial charge in [0.2, 0.25) is 0 Å². The number of esters is 1. The number of hydrogen-bond acceptors (Lipinski definition) is 4. The molecule has 1 aromatic heterocycles. The Labute approximate surface area is 132 Å². The number of aryl methyl sites for hydroxylation is 1. The Morgan fingerprint density at radius 1 is 1.32 bits per heavy atom. The molecule has 1 saturated heterocycles. The normalized spacial score (nSPS) is 20.8. The predicted molar refractivity (Wildman–Crippen MR) is 84.6 cm³/mol. The van der Waals surface area contributed by atoms with Crippen LogP contribution in [0.1, 0.15) is 46.0 Å². The van der Waals surface area contributed by atoms with E-state index in [9.17, 15) is 13.8 Å². The molecule has 1 aromatic rings. The number of aromatic nitrogens is 1. The summed E-state index contributed by atoms with van der Waals surface area (Å²) in [6, 6.07) is 0. The number of nitrogens with one attached hydrogen (secondary N) is 1. The summed E-state index contributed by atoms with van der Waals surface area (Å²) in [4.78, 5) is 29.2. The molecule has 6 nitrogen and oxygen atoms in total. The van der Waals surface area contributed by atoms with Gasteiger partial charge in [0.15, 0.2) is 0 Å². The lowest BCUT2D eigenvalue weighted by atomic mass is 10.1. The first-order valence-corrected chi connectivity index (χ1v) is 8.46. The molecule has 2 rings (SSSR count). The zero-order chi connectivity index (χ0) is 16.7. The first kappa shape index (κ1) is 16.7. The second-order valence-electron chi connectivity index (χ2n) is 6.15. The van der Waals surface area contributed by atoms with Gasteiger partial charge < -0.3 is 14.6 Å². The van der Waals surface area contributed by atoms with Gasteiger partial charge in [0.1, 0.15) is 5.69 Å². The number of nitrogens with zero attached hydrogens (tertiary/aromatic N) is 1.